The summed E-state index contributed by atoms with van der Waals surface area (Å²) in [5, 5.41) is 0. The van der Waals surface area contributed by atoms with Gasteiger partial charge in [0.2, 0.25) is 10.4 Å². The van der Waals surface area contributed by atoms with Crippen LogP contribution < -0.4 is 29.6 Å². The zero-order chi connectivity index (χ0) is 10.5. The van der Waals surface area contributed by atoms with Gasteiger partial charge in [-0.1, -0.05) is 11.6 Å². The zero-order valence-corrected chi connectivity index (χ0v) is 11.9. The van der Waals surface area contributed by atoms with Crippen LogP contribution in [0.25, 0.3) is 0 Å². The van der Waals surface area contributed by atoms with Gasteiger partial charge in [-0.05, 0) is 33.6 Å². The van der Waals surface area contributed by atoms with Crippen molar-refractivity contribution in [1.82, 2.24) is 0 Å². The molecule has 0 aromatic rings. The third-order valence-corrected chi connectivity index (χ3v) is 1.97. The first-order chi connectivity index (χ1) is 5.81. The van der Waals surface area contributed by atoms with Crippen molar-refractivity contribution >= 4 is 10.4 Å². The molecule has 0 radical (unpaired) electrons. The Morgan fingerprint density at radius 3 is 2.36 bits per heavy atom. The average molecular weight is 230 g/mol. The van der Waals surface area contributed by atoms with E-state index in [0.29, 0.717) is 6.42 Å². The third kappa shape index (κ3) is 12.6. The van der Waals surface area contributed by atoms with Crippen LogP contribution in [0.3, 0.4) is 0 Å². The van der Waals surface area contributed by atoms with Gasteiger partial charge in [0.1, 0.15) is 0 Å². The predicted molar refractivity (Wildman–Crippen MR) is 48.9 cm³/mol. The summed E-state index contributed by atoms with van der Waals surface area (Å²) in [5.74, 6) is 0. The summed E-state index contributed by atoms with van der Waals surface area (Å²) in [4.78, 5) is 0. The molecule has 0 N–H and O–H groups in total. The van der Waals surface area contributed by atoms with E-state index < -0.39 is 16.5 Å². The molecule has 0 heterocycles. The van der Waals surface area contributed by atoms with Crippen LogP contribution in [-0.4, -0.2) is 19.1 Å². The Kier molecular flexibility index (Phi) is 9.54. The van der Waals surface area contributed by atoms with Crippen molar-refractivity contribution < 1.29 is 46.7 Å². The first-order valence-electron chi connectivity index (χ1n) is 4.08. The van der Waals surface area contributed by atoms with Crippen LogP contribution in [0.2, 0.25) is 0 Å². The molecule has 0 aromatic carbocycles. The first-order valence-corrected chi connectivity index (χ1v) is 5.42. The molecule has 14 heavy (non-hydrogen) atoms. The van der Waals surface area contributed by atoms with Gasteiger partial charge in [0, 0.05) is 0 Å². The van der Waals surface area contributed by atoms with E-state index >= 15 is 0 Å². The largest absolute Gasteiger partial charge is 1.00 e. The van der Waals surface area contributed by atoms with Crippen LogP contribution in [0.15, 0.2) is 11.6 Å². The summed E-state index contributed by atoms with van der Waals surface area (Å²) in [6.45, 7) is 5.47. The minimum atomic E-state index is -4.54. The maximum atomic E-state index is 10.1. The minimum Gasteiger partial charge on any atom is -0.726 e. The minimum absolute atomic E-state index is 0. The smallest absolute Gasteiger partial charge is 0.726 e. The molecule has 0 saturated carbocycles. The van der Waals surface area contributed by atoms with Crippen molar-refractivity contribution in [3.05, 3.63) is 11.6 Å². The third-order valence-electron chi connectivity index (χ3n) is 1.41. The van der Waals surface area contributed by atoms with E-state index in [1.807, 2.05) is 19.9 Å². The van der Waals surface area contributed by atoms with E-state index in [4.69, 9.17) is 0 Å². The zero-order valence-electron chi connectivity index (χ0n) is 9.11. The molecule has 0 unspecified atom stereocenters. The Morgan fingerprint density at radius 1 is 1.50 bits per heavy atom. The molecule has 78 valence electrons. The Hall–Kier alpha value is 0.610. The molecular weight excluding hydrogens is 215 g/mol. The number of hydrogen-bond acceptors (Lipinski definition) is 4. The number of allylic oxidation sites excluding steroid dienone is 2. The van der Waals surface area contributed by atoms with Crippen molar-refractivity contribution in [2.75, 3.05) is 0 Å². The van der Waals surface area contributed by atoms with Gasteiger partial charge in [-0.15, -0.1) is 0 Å². The molecule has 1 atom stereocenters. The van der Waals surface area contributed by atoms with Gasteiger partial charge < -0.3 is 4.55 Å². The normalized spacial score (nSPS) is 12.9. The molecule has 0 bridgehead atoms. The van der Waals surface area contributed by atoms with Crippen LogP contribution in [0.1, 0.15) is 33.6 Å². The van der Waals surface area contributed by atoms with Crippen LogP contribution in [0, 0.1) is 0 Å². The van der Waals surface area contributed by atoms with E-state index in [1.165, 1.54) is 0 Å². The van der Waals surface area contributed by atoms with E-state index in [0.717, 1.165) is 12.0 Å². The van der Waals surface area contributed by atoms with Gasteiger partial charge in [-0.2, -0.15) is 0 Å². The van der Waals surface area contributed by atoms with Crippen LogP contribution in [0.5, 0.6) is 0 Å². The molecule has 0 rings (SSSR count). The molecule has 0 amide bonds. The van der Waals surface area contributed by atoms with E-state index in [9.17, 15) is 13.0 Å². The van der Waals surface area contributed by atoms with Crippen molar-refractivity contribution in [3.8, 4) is 0 Å². The fraction of sp³-hybridized carbons (Fsp3) is 0.750. The second-order valence-electron chi connectivity index (χ2n) is 3.17. The standard InChI is InChI=1S/C8H16O4S.Na/c1-7(2)5-4-6-8(3)12-13(9,10)11;/h5,8H,4,6H2,1-3H3,(H,9,10,11);/q;+1/p-1/t8-;/m0./s1. The monoisotopic (exact) mass is 230 g/mol. The maximum Gasteiger partial charge on any atom is 1.00 e. The molecule has 0 fully saturated rings. The molecule has 6 heteroatoms. The molecule has 0 spiro atoms. The van der Waals surface area contributed by atoms with Gasteiger partial charge in [-0.25, -0.2) is 8.42 Å². The molecule has 0 aliphatic carbocycles. The van der Waals surface area contributed by atoms with Crippen molar-refractivity contribution in [1.29, 1.82) is 0 Å². The fourth-order valence-corrected chi connectivity index (χ4v) is 1.35. The second-order valence-corrected chi connectivity index (χ2v) is 4.18. The molecule has 0 aromatic heterocycles. The van der Waals surface area contributed by atoms with E-state index in [1.54, 1.807) is 6.92 Å². The van der Waals surface area contributed by atoms with E-state index in [2.05, 4.69) is 4.18 Å². The first kappa shape index (κ1) is 17.0. The maximum absolute atomic E-state index is 10.1. The summed E-state index contributed by atoms with van der Waals surface area (Å²) >= 11 is 0. The summed E-state index contributed by atoms with van der Waals surface area (Å²) in [6.07, 6.45) is 2.68. The Labute approximate surface area is 108 Å². The van der Waals surface area contributed by atoms with Crippen molar-refractivity contribution in [2.45, 2.75) is 39.7 Å². The van der Waals surface area contributed by atoms with Crippen LogP contribution in [0.4, 0.5) is 0 Å². The summed E-state index contributed by atoms with van der Waals surface area (Å²) in [5.41, 5.74) is 1.16. The molecule has 0 aliphatic heterocycles. The van der Waals surface area contributed by atoms with Gasteiger partial charge in [-0.3, -0.25) is 4.18 Å². The molecule has 0 saturated heterocycles. The number of hydrogen-bond donors (Lipinski definition) is 0. The summed E-state index contributed by atoms with van der Waals surface area (Å²) < 4.78 is 34.6. The summed E-state index contributed by atoms with van der Waals surface area (Å²) in [6, 6.07) is 0. The SMILES string of the molecule is CC(C)=CCC[C@H](C)OS(=O)(=O)[O-].[Na+]. The quantitative estimate of drug-likeness (QED) is 0.252. The van der Waals surface area contributed by atoms with Crippen molar-refractivity contribution in [3.63, 3.8) is 0 Å². The average Bonchev–Trinajstić information content (AvgIpc) is 1.81. The van der Waals surface area contributed by atoms with Gasteiger partial charge in [0.05, 0.1) is 6.10 Å². The Bertz CT molecular complexity index is 267. The van der Waals surface area contributed by atoms with Gasteiger partial charge in [0.15, 0.2) is 0 Å². The molecular formula is C8H15NaO4S. The van der Waals surface area contributed by atoms with Gasteiger partial charge >= 0.3 is 29.6 Å². The Balaban J connectivity index is 0. The van der Waals surface area contributed by atoms with Crippen LogP contribution >= 0.6 is 0 Å². The second kappa shape index (κ2) is 7.84. The van der Waals surface area contributed by atoms with Crippen molar-refractivity contribution in [2.24, 2.45) is 0 Å². The molecule has 0 aliphatic rings. The van der Waals surface area contributed by atoms with E-state index in [-0.39, 0.29) is 29.6 Å². The topological polar surface area (TPSA) is 66.4 Å². The predicted octanol–water partition coefficient (Wildman–Crippen LogP) is -1.40. The summed E-state index contributed by atoms with van der Waals surface area (Å²) in [7, 11) is -4.54. The fourth-order valence-electron chi connectivity index (χ4n) is 0.856. The number of rotatable bonds is 5. The van der Waals surface area contributed by atoms with Gasteiger partial charge in [0.25, 0.3) is 0 Å². The Morgan fingerprint density at radius 2 is 2.00 bits per heavy atom. The van der Waals surface area contributed by atoms with Crippen LogP contribution in [-0.2, 0) is 14.6 Å². The molecule has 4 nitrogen and oxygen atoms in total.